The lowest BCUT2D eigenvalue weighted by molar-refractivity contribution is 0.563. The average molecular weight is 300 g/mol. The summed E-state index contributed by atoms with van der Waals surface area (Å²) in [7, 11) is -3.11. The van der Waals surface area contributed by atoms with Crippen LogP contribution in [0.5, 0.6) is 0 Å². The first-order chi connectivity index (χ1) is 9.66. The van der Waals surface area contributed by atoms with Crippen LogP contribution in [0.2, 0.25) is 0 Å². The number of hydrogen-bond acceptors (Lipinski definition) is 4. The van der Waals surface area contributed by atoms with Crippen molar-refractivity contribution in [3.05, 3.63) is 18.7 Å². The number of unbranched alkanes of at least 4 members (excludes halogenated alkanes) is 1. The average Bonchev–Trinajstić information content (AvgIpc) is 3.09. The van der Waals surface area contributed by atoms with Gasteiger partial charge in [0.05, 0.1) is 12.1 Å². The van der Waals surface area contributed by atoms with Crippen LogP contribution in [0.15, 0.2) is 18.7 Å². The summed E-state index contributed by atoms with van der Waals surface area (Å²) in [5, 5.41) is 3.39. The minimum atomic E-state index is -3.11. The molecule has 0 amide bonds. The number of nitrogens with one attached hydrogen (secondary N) is 2. The monoisotopic (exact) mass is 300 g/mol. The molecule has 1 saturated carbocycles. The molecule has 0 unspecified atom stereocenters. The van der Waals surface area contributed by atoms with Gasteiger partial charge in [0.25, 0.3) is 0 Å². The molecule has 2 N–H and O–H groups in total. The van der Waals surface area contributed by atoms with Gasteiger partial charge in [0.1, 0.15) is 0 Å². The topological polar surface area (TPSA) is 76.0 Å². The highest BCUT2D eigenvalue weighted by Crippen LogP contribution is 2.18. The molecule has 0 aliphatic heterocycles. The number of aromatic nitrogens is 2. The van der Waals surface area contributed by atoms with Gasteiger partial charge in [-0.25, -0.2) is 18.1 Å². The third-order valence-electron chi connectivity index (χ3n) is 3.32. The Labute approximate surface area is 121 Å². The van der Waals surface area contributed by atoms with Crippen LogP contribution < -0.4 is 10.0 Å². The van der Waals surface area contributed by atoms with E-state index in [1.54, 1.807) is 12.5 Å². The van der Waals surface area contributed by atoms with Crippen molar-refractivity contribution in [1.82, 2.24) is 19.6 Å². The molecule has 0 bridgehead atoms. The smallest absolute Gasteiger partial charge is 0.211 e. The Bertz CT molecular complexity index is 469. The van der Waals surface area contributed by atoms with E-state index in [4.69, 9.17) is 0 Å². The number of imidazole rings is 1. The van der Waals surface area contributed by atoms with E-state index in [0.717, 1.165) is 32.4 Å². The van der Waals surface area contributed by atoms with Gasteiger partial charge >= 0.3 is 0 Å². The molecule has 1 fully saturated rings. The van der Waals surface area contributed by atoms with Crippen molar-refractivity contribution < 1.29 is 8.42 Å². The highest BCUT2D eigenvalue weighted by Gasteiger charge is 2.19. The summed E-state index contributed by atoms with van der Waals surface area (Å²) in [4.78, 5) is 3.94. The third kappa shape index (κ3) is 6.49. The molecule has 1 aromatic rings. The van der Waals surface area contributed by atoms with Gasteiger partial charge in [-0.2, -0.15) is 0 Å². The lowest BCUT2D eigenvalue weighted by atomic mass is 10.3. The molecule has 0 spiro atoms. The third-order valence-corrected chi connectivity index (χ3v) is 4.79. The van der Waals surface area contributed by atoms with Gasteiger partial charge in [-0.3, -0.25) is 0 Å². The molecule has 1 aromatic heterocycles. The summed E-state index contributed by atoms with van der Waals surface area (Å²) in [6.45, 7) is 2.20. The van der Waals surface area contributed by atoms with Crippen molar-refractivity contribution in [1.29, 1.82) is 0 Å². The number of aryl methyl sites for hydroxylation is 1. The van der Waals surface area contributed by atoms with Crippen molar-refractivity contribution in [2.75, 3.05) is 18.8 Å². The summed E-state index contributed by atoms with van der Waals surface area (Å²) < 4.78 is 28.1. The molecular weight excluding hydrogens is 276 g/mol. The van der Waals surface area contributed by atoms with Crippen molar-refractivity contribution in [3.63, 3.8) is 0 Å². The van der Waals surface area contributed by atoms with E-state index in [-0.39, 0.29) is 5.75 Å². The number of rotatable bonds is 11. The molecule has 7 heteroatoms. The van der Waals surface area contributed by atoms with Gasteiger partial charge in [0, 0.05) is 31.5 Å². The van der Waals surface area contributed by atoms with E-state index in [2.05, 4.69) is 15.0 Å². The van der Waals surface area contributed by atoms with Crippen LogP contribution in [0.4, 0.5) is 0 Å². The van der Waals surface area contributed by atoms with E-state index in [9.17, 15) is 8.42 Å². The highest BCUT2D eigenvalue weighted by atomic mass is 32.2. The second kappa shape index (κ2) is 7.75. The molecule has 20 heavy (non-hydrogen) atoms. The molecule has 0 saturated heterocycles. The number of hydrogen-bond donors (Lipinski definition) is 2. The Hall–Kier alpha value is -0.920. The first kappa shape index (κ1) is 15.5. The second-order valence-corrected chi connectivity index (χ2v) is 7.23. The van der Waals surface area contributed by atoms with Gasteiger partial charge in [0.2, 0.25) is 10.0 Å². The van der Waals surface area contributed by atoms with Crippen LogP contribution in [-0.2, 0) is 16.6 Å². The molecule has 0 atom stereocenters. The molecule has 0 aromatic carbocycles. The Morgan fingerprint density at radius 1 is 1.20 bits per heavy atom. The summed E-state index contributed by atoms with van der Waals surface area (Å²) in [6, 6.07) is 0.702. The second-order valence-electron chi connectivity index (χ2n) is 5.30. The maximum Gasteiger partial charge on any atom is 0.211 e. The molecular formula is C13H24N4O2S. The van der Waals surface area contributed by atoms with E-state index in [1.165, 1.54) is 12.8 Å². The summed E-state index contributed by atoms with van der Waals surface area (Å²) in [6.07, 6.45) is 10.3. The predicted molar refractivity (Wildman–Crippen MR) is 78.9 cm³/mol. The van der Waals surface area contributed by atoms with E-state index >= 15 is 0 Å². The van der Waals surface area contributed by atoms with E-state index in [1.807, 2.05) is 10.8 Å². The zero-order valence-electron chi connectivity index (χ0n) is 11.8. The fraction of sp³-hybridized carbons (Fsp3) is 0.769. The van der Waals surface area contributed by atoms with Crippen molar-refractivity contribution in [2.24, 2.45) is 0 Å². The largest absolute Gasteiger partial charge is 0.337 e. The summed E-state index contributed by atoms with van der Waals surface area (Å²) >= 11 is 0. The predicted octanol–water partition coefficient (Wildman–Crippen LogP) is 0.725. The van der Waals surface area contributed by atoms with Gasteiger partial charge in [0.15, 0.2) is 0 Å². The Morgan fingerprint density at radius 3 is 2.75 bits per heavy atom. The van der Waals surface area contributed by atoms with Gasteiger partial charge in [-0.15, -0.1) is 0 Å². The normalized spacial score (nSPS) is 15.6. The molecule has 2 rings (SSSR count). The van der Waals surface area contributed by atoms with Gasteiger partial charge in [-0.05, 0) is 38.6 Å². The van der Waals surface area contributed by atoms with Crippen molar-refractivity contribution >= 4 is 10.0 Å². The fourth-order valence-corrected chi connectivity index (χ4v) is 3.18. The zero-order valence-corrected chi connectivity index (χ0v) is 12.6. The SMILES string of the molecule is O=S(=O)(CCCCNC1CC1)NCCCn1ccnc1. The summed E-state index contributed by atoms with van der Waals surface area (Å²) in [5.74, 6) is 0.227. The van der Waals surface area contributed by atoms with Crippen LogP contribution in [0.25, 0.3) is 0 Å². The van der Waals surface area contributed by atoms with Crippen molar-refractivity contribution in [3.8, 4) is 0 Å². The van der Waals surface area contributed by atoms with E-state index in [0.29, 0.717) is 12.6 Å². The minimum Gasteiger partial charge on any atom is -0.337 e. The van der Waals surface area contributed by atoms with Crippen molar-refractivity contribution in [2.45, 2.75) is 44.7 Å². The molecule has 6 nitrogen and oxygen atoms in total. The Balaban J connectivity index is 1.49. The lowest BCUT2D eigenvalue weighted by Gasteiger charge is -2.07. The molecule has 1 heterocycles. The number of nitrogens with zero attached hydrogens (tertiary/aromatic N) is 2. The maximum absolute atomic E-state index is 11.8. The van der Waals surface area contributed by atoms with Crippen LogP contribution in [-0.4, -0.2) is 42.9 Å². The van der Waals surface area contributed by atoms with Gasteiger partial charge in [-0.1, -0.05) is 0 Å². The zero-order chi connectivity index (χ0) is 14.3. The maximum atomic E-state index is 11.8. The summed E-state index contributed by atoms with van der Waals surface area (Å²) in [5.41, 5.74) is 0. The lowest BCUT2D eigenvalue weighted by Crippen LogP contribution is -2.28. The Kier molecular flexibility index (Phi) is 6.00. The quantitative estimate of drug-likeness (QED) is 0.591. The first-order valence-corrected chi connectivity index (χ1v) is 8.97. The Morgan fingerprint density at radius 2 is 2.05 bits per heavy atom. The highest BCUT2D eigenvalue weighted by molar-refractivity contribution is 7.89. The molecule has 1 aliphatic rings. The first-order valence-electron chi connectivity index (χ1n) is 7.32. The van der Waals surface area contributed by atoms with Gasteiger partial charge < -0.3 is 9.88 Å². The minimum absolute atomic E-state index is 0.227. The standard InChI is InChI=1S/C13H24N4O2S/c18-20(19,11-2-1-6-15-13-4-5-13)16-7-3-9-17-10-8-14-12-17/h8,10,12-13,15-16H,1-7,9,11H2. The van der Waals surface area contributed by atoms with E-state index < -0.39 is 10.0 Å². The molecule has 114 valence electrons. The van der Waals surface area contributed by atoms with Crippen LogP contribution in [0.3, 0.4) is 0 Å². The number of sulfonamides is 1. The van der Waals surface area contributed by atoms with Crippen LogP contribution >= 0.6 is 0 Å². The molecule has 0 radical (unpaired) electrons. The fourth-order valence-electron chi connectivity index (χ4n) is 1.99. The molecule has 1 aliphatic carbocycles. The van der Waals surface area contributed by atoms with Crippen LogP contribution in [0, 0.1) is 0 Å². The van der Waals surface area contributed by atoms with Crippen LogP contribution in [0.1, 0.15) is 32.1 Å².